The molecule has 0 aliphatic heterocycles. The number of imidazole rings is 1. The average molecular weight is 220 g/mol. The fourth-order valence-corrected chi connectivity index (χ4v) is 1.58. The molecule has 2 rings (SSSR count). The summed E-state index contributed by atoms with van der Waals surface area (Å²) in [4.78, 5) is 8.58. The van der Waals surface area contributed by atoms with Gasteiger partial charge in [0.05, 0.1) is 0 Å². The van der Waals surface area contributed by atoms with Crippen molar-refractivity contribution in [2.24, 2.45) is 0 Å². The molecule has 2 heterocycles. The molecule has 2 aromatic heterocycles. The zero-order valence-corrected chi connectivity index (χ0v) is 9.68. The Kier molecular flexibility index (Phi) is 3.34. The van der Waals surface area contributed by atoms with E-state index in [9.17, 15) is 0 Å². The van der Waals surface area contributed by atoms with Crippen LogP contribution in [0.4, 0.5) is 0 Å². The van der Waals surface area contributed by atoms with Gasteiger partial charge in [-0.15, -0.1) is 0 Å². The van der Waals surface area contributed by atoms with Gasteiger partial charge in [-0.2, -0.15) is 4.98 Å². The Labute approximate surface area is 94.5 Å². The van der Waals surface area contributed by atoms with E-state index >= 15 is 0 Å². The van der Waals surface area contributed by atoms with Gasteiger partial charge in [0.1, 0.15) is 12.4 Å². The lowest BCUT2D eigenvalue weighted by Gasteiger charge is -2.02. The van der Waals surface area contributed by atoms with E-state index < -0.39 is 0 Å². The Bertz CT molecular complexity index is 446. The molecule has 86 valence electrons. The summed E-state index contributed by atoms with van der Waals surface area (Å²) >= 11 is 0. The van der Waals surface area contributed by atoms with E-state index in [4.69, 9.17) is 4.52 Å². The van der Waals surface area contributed by atoms with Gasteiger partial charge in [0, 0.05) is 25.2 Å². The second-order valence-corrected chi connectivity index (χ2v) is 3.68. The molecule has 5 nitrogen and oxygen atoms in total. The van der Waals surface area contributed by atoms with Crippen LogP contribution in [0.2, 0.25) is 0 Å². The Morgan fingerprint density at radius 1 is 1.38 bits per heavy atom. The second kappa shape index (κ2) is 4.92. The Morgan fingerprint density at radius 3 is 2.94 bits per heavy atom. The molecule has 0 aliphatic carbocycles. The molecule has 0 amide bonds. The van der Waals surface area contributed by atoms with Gasteiger partial charge < -0.3 is 9.09 Å². The highest BCUT2D eigenvalue weighted by Crippen LogP contribution is 2.06. The molecule has 0 N–H and O–H groups in total. The third-order valence-electron chi connectivity index (χ3n) is 2.41. The van der Waals surface area contributed by atoms with Crippen molar-refractivity contribution >= 4 is 0 Å². The van der Waals surface area contributed by atoms with E-state index in [1.54, 1.807) is 0 Å². The van der Waals surface area contributed by atoms with Gasteiger partial charge in [-0.1, -0.05) is 19.0 Å². The van der Waals surface area contributed by atoms with Crippen molar-refractivity contribution in [3.8, 4) is 0 Å². The van der Waals surface area contributed by atoms with Crippen molar-refractivity contribution in [3.05, 3.63) is 29.9 Å². The highest BCUT2D eigenvalue weighted by Gasteiger charge is 2.08. The first-order valence-electron chi connectivity index (χ1n) is 5.65. The highest BCUT2D eigenvalue weighted by atomic mass is 16.5. The van der Waals surface area contributed by atoms with Crippen LogP contribution in [-0.2, 0) is 19.4 Å². The van der Waals surface area contributed by atoms with Crippen molar-refractivity contribution in [3.63, 3.8) is 0 Å². The van der Waals surface area contributed by atoms with Crippen LogP contribution in [0.15, 0.2) is 16.9 Å². The first-order valence-corrected chi connectivity index (χ1v) is 5.65. The van der Waals surface area contributed by atoms with Gasteiger partial charge in [-0.25, -0.2) is 4.98 Å². The first kappa shape index (κ1) is 10.9. The van der Waals surface area contributed by atoms with E-state index in [0.29, 0.717) is 12.4 Å². The number of aryl methyl sites for hydroxylation is 2. The molecule has 0 fully saturated rings. The van der Waals surface area contributed by atoms with Crippen LogP contribution in [0, 0.1) is 0 Å². The molecule has 0 bridgehead atoms. The zero-order chi connectivity index (χ0) is 11.4. The molecule has 0 aromatic carbocycles. The first-order chi connectivity index (χ1) is 7.83. The molecule has 0 saturated heterocycles. The third kappa shape index (κ3) is 2.29. The van der Waals surface area contributed by atoms with Crippen molar-refractivity contribution in [1.29, 1.82) is 0 Å². The van der Waals surface area contributed by atoms with Gasteiger partial charge in [0.15, 0.2) is 5.82 Å². The zero-order valence-electron chi connectivity index (χ0n) is 9.68. The molecule has 0 saturated carbocycles. The van der Waals surface area contributed by atoms with Crippen LogP contribution in [-0.4, -0.2) is 19.7 Å². The summed E-state index contributed by atoms with van der Waals surface area (Å²) in [6.07, 6.45) is 6.61. The van der Waals surface area contributed by atoms with Crippen molar-refractivity contribution < 1.29 is 4.52 Å². The molecule has 0 radical (unpaired) electrons. The average Bonchev–Trinajstić information content (AvgIpc) is 2.90. The molecular formula is C11H16N4O. The lowest BCUT2D eigenvalue weighted by atomic mass is 10.3. The summed E-state index contributed by atoms with van der Waals surface area (Å²) < 4.78 is 7.20. The predicted octanol–water partition coefficient (Wildman–Crippen LogP) is 1.83. The topological polar surface area (TPSA) is 56.7 Å². The minimum atomic E-state index is 0.613. The maximum atomic E-state index is 5.15. The van der Waals surface area contributed by atoms with E-state index in [1.165, 1.54) is 0 Å². The molecule has 5 heteroatoms. The Balaban J connectivity index is 2.10. The number of nitrogens with zero attached hydrogens (tertiary/aromatic N) is 4. The summed E-state index contributed by atoms with van der Waals surface area (Å²) in [5, 5.41) is 3.87. The highest BCUT2D eigenvalue weighted by molar-refractivity contribution is 4.96. The van der Waals surface area contributed by atoms with E-state index in [0.717, 1.165) is 30.9 Å². The Morgan fingerprint density at radius 2 is 2.25 bits per heavy atom. The predicted molar refractivity (Wildman–Crippen MR) is 59.0 cm³/mol. The van der Waals surface area contributed by atoms with Gasteiger partial charge in [0.25, 0.3) is 0 Å². The molecule has 2 aromatic rings. The summed E-state index contributed by atoms with van der Waals surface area (Å²) in [7, 11) is 0. The SMILES string of the molecule is CCCc1nccn1Cc1nc(CC)no1. The largest absolute Gasteiger partial charge is 0.337 e. The van der Waals surface area contributed by atoms with Crippen LogP contribution in [0.3, 0.4) is 0 Å². The van der Waals surface area contributed by atoms with Crippen LogP contribution in [0.25, 0.3) is 0 Å². The third-order valence-corrected chi connectivity index (χ3v) is 2.41. The molecule has 0 aliphatic rings. The normalized spacial score (nSPS) is 10.9. The maximum absolute atomic E-state index is 5.15. The Hall–Kier alpha value is -1.65. The van der Waals surface area contributed by atoms with Gasteiger partial charge in [0.2, 0.25) is 5.89 Å². The van der Waals surface area contributed by atoms with Gasteiger partial charge >= 0.3 is 0 Å². The molecule has 0 atom stereocenters. The summed E-state index contributed by atoms with van der Waals surface area (Å²) in [6, 6.07) is 0. The van der Waals surface area contributed by atoms with Crippen molar-refractivity contribution in [1.82, 2.24) is 19.7 Å². The fraction of sp³-hybridized carbons (Fsp3) is 0.545. The number of aromatic nitrogens is 4. The van der Waals surface area contributed by atoms with Crippen molar-refractivity contribution in [2.75, 3.05) is 0 Å². The van der Waals surface area contributed by atoms with E-state index in [1.807, 2.05) is 19.3 Å². The van der Waals surface area contributed by atoms with Gasteiger partial charge in [-0.05, 0) is 6.42 Å². The lowest BCUT2D eigenvalue weighted by molar-refractivity contribution is 0.365. The van der Waals surface area contributed by atoms with Gasteiger partial charge in [-0.3, -0.25) is 0 Å². The monoisotopic (exact) mass is 220 g/mol. The maximum Gasteiger partial charge on any atom is 0.246 e. The summed E-state index contributed by atoms with van der Waals surface area (Å²) in [5.41, 5.74) is 0. The van der Waals surface area contributed by atoms with Crippen LogP contribution >= 0.6 is 0 Å². The van der Waals surface area contributed by atoms with E-state index in [-0.39, 0.29) is 0 Å². The molecule has 16 heavy (non-hydrogen) atoms. The molecular weight excluding hydrogens is 204 g/mol. The minimum Gasteiger partial charge on any atom is -0.337 e. The van der Waals surface area contributed by atoms with Crippen LogP contribution < -0.4 is 0 Å². The summed E-state index contributed by atoms with van der Waals surface area (Å²) in [6.45, 7) is 4.76. The number of rotatable bonds is 5. The quantitative estimate of drug-likeness (QED) is 0.771. The lowest BCUT2D eigenvalue weighted by Crippen LogP contribution is -2.04. The molecule has 0 unspecified atom stereocenters. The number of hydrogen-bond donors (Lipinski definition) is 0. The minimum absolute atomic E-state index is 0.613. The summed E-state index contributed by atoms with van der Waals surface area (Å²) in [5.74, 6) is 2.47. The van der Waals surface area contributed by atoms with Crippen LogP contribution in [0.1, 0.15) is 37.8 Å². The molecule has 0 spiro atoms. The van der Waals surface area contributed by atoms with Crippen molar-refractivity contribution in [2.45, 2.75) is 39.7 Å². The fourth-order valence-electron chi connectivity index (χ4n) is 1.58. The van der Waals surface area contributed by atoms with E-state index in [2.05, 4.69) is 26.6 Å². The number of hydrogen-bond acceptors (Lipinski definition) is 4. The van der Waals surface area contributed by atoms with Crippen LogP contribution in [0.5, 0.6) is 0 Å². The smallest absolute Gasteiger partial charge is 0.246 e. The standard InChI is InChI=1S/C11H16N4O/c1-3-5-10-12-6-7-15(10)8-11-13-9(4-2)14-16-11/h6-7H,3-5,8H2,1-2H3. The second-order valence-electron chi connectivity index (χ2n) is 3.68.